The summed E-state index contributed by atoms with van der Waals surface area (Å²) in [4.78, 5) is 7.06. The van der Waals surface area contributed by atoms with Gasteiger partial charge in [-0.1, -0.05) is 0 Å². The molecule has 21 heavy (non-hydrogen) atoms. The van der Waals surface area contributed by atoms with Gasteiger partial charge in [-0.05, 0) is 25.7 Å². The van der Waals surface area contributed by atoms with Crippen LogP contribution in [0.3, 0.4) is 0 Å². The third-order valence-corrected chi connectivity index (χ3v) is 5.13. The van der Waals surface area contributed by atoms with Gasteiger partial charge in [0.2, 0.25) is 0 Å². The minimum atomic E-state index is 0.301. The smallest absolute Gasteiger partial charge is 0.122 e. The lowest BCUT2D eigenvalue weighted by molar-refractivity contribution is -0.0304. The molecule has 1 aliphatic carbocycles. The SMILES string of the molecule is c1cn2c(n1)CN(CC1(CNC3CC3)CCCOC1)CC2. The zero-order chi connectivity index (χ0) is 14.1. The maximum Gasteiger partial charge on any atom is 0.122 e. The highest BCUT2D eigenvalue weighted by atomic mass is 16.5. The van der Waals surface area contributed by atoms with Crippen molar-refractivity contribution in [2.24, 2.45) is 5.41 Å². The molecule has 1 N–H and O–H groups in total. The van der Waals surface area contributed by atoms with Gasteiger partial charge in [-0.15, -0.1) is 0 Å². The maximum atomic E-state index is 5.85. The summed E-state index contributed by atoms with van der Waals surface area (Å²) in [5.74, 6) is 1.21. The van der Waals surface area contributed by atoms with E-state index in [0.717, 1.165) is 52.0 Å². The van der Waals surface area contributed by atoms with Gasteiger partial charge in [0.05, 0.1) is 13.2 Å². The average molecular weight is 290 g/mol. The summed E-state index contributed by atoms with van der Waals surface area (Å²) in [6, 6.07) is 0.782. The molecule has 1 aromatic rings. The van der Waals surface area contributed by atoms with E-state index in [1.54, 1.807) is 0 Å². The molecule has 3 heterocycles. The molecule has 0 bridgehead atoms. The Morgan fingerprint density at radius 2 is 2.33 bits per heavy atom. The predicted molar refractivity (Wildman–Crippen MR) is 81.0 cm³/mol. The van der Waals surface area contributed by atoms with Crippen molar-refractivity contribution >= 4 is 0 Å². The first kappa shape index (κ1) is 13.7. The number of nitrogens with zero attached hydrogens (tertiary/aromatic N) is 3. The van der Waals surface area contributed by atoms with Crippen LogP contribution in [0.1, 0.15) is 31.5 Å². The molecule has 1 atom stereocenters. The summed E-state index contributed by atoms with van der Waals surface area (Å²) in [7, 11) is 0. The van der Waals surface area contributed by atoms with Crippen LogP contribution in [0.15, 0.2) is 12.4 Å². The third kappa shape index (κ3) is 3.15. The van der Waals surface area contributed by atoms with Crippen LogP contribution in [0.2, 0.25) is 0 Å². The van der Waals surface area contributed by atoms with Gasteiger partial charge in [-0.25, -0.2) is 4.98 Å². The van der Waals surface area contributed by atoms with E-state index in [1.165, 1.54) is 31.5 Å². The van der Waals surface area contributed by atoms with E-state index < -0.39 is 0 Å². The quantitative estimate of drug-likeness (QED) is 0.886. The summed E-state index contributed by atoms with van der Waals surface area (Å²) < 4.78 is 8.13. The lowest BCUT2D eigenvalue weighted by Gasteiger charge is -2.42. The summed E-state index contributed by atoms with van der Waals surface area (Å²) in [6.07, 6.45) is 9.23. The molecule has 4 rings (SSSR count). The van der Waals surface area contributed by atoms with E-state index in [9.17, 15) is 0 Å². The summed E-state index contributed by atoms with van der Waals surface area (Å²) in [5.41, 5.74) is 0.301. The van der Waals surface area contributed by atoms with Crippen molar-refractivity contribution in [2.45, 2.75) is 44.8 Å². The fourth-order valence-corrected chi connectivity index (χ4v) is 3.71. The lowest BCUT2D eigenvalue weighted by Crippen LogP contribution is -2.50. The van der Waals surface area contributed by atoms with Crippen molar-refractivity contribution in [3.63, 3.8) is 0 Å². The number of nitrogens with one attached hydrogen (secondary N) is 1. The topological polar surface area (TPSA) is 42.3 Å². The highest BCUT2D eigenvalue weighted by molar-refractivity contribution is 4.98. The van der Waals surface area contributed by atoms with Crippen molar-refractivity contribution in [1.29, 1.82) is 0 Å². The Kier molecular flexibility index (Phi) is 3.73. The molecule has 1 aromatic heterocycles. The first-order valence-electron chi connectivity index (χ1n) is 8.37. The molecule has 2 fully saturated rings. The van der Waals surface area contributed by atoms with E-state index in [2.05, 4.69) is 26.0 Å². The van der Waals surface area contributed by atoms with Gasteiger partial charge in [0, 0.05) is 56.6 Å². The summed E-state index contributed by atoms with van der Waals surface area (Å²) in [6.45, 7) is 7.30. The molecule has 0 spiro atoms. The van der Waals surface area contributed by atoms with Crippen molar-refractivity contribution in [3.8, 4) is 0 Å². The van der Waals surface area contributed by atoms with Gasteiger partial charge in [0.1, 0.15) is 5.82 Å². The lowest BCUT2D eigenvalue weighted by atomic mass is 9.81. The molecule has 0 aromatic carbocycles. The molecule has 1 saturated heterocycles. The first-order chi connectivity index (χ1) is 10.3. The second-order valence-corrected chi connectivity index (χ2v) is 7.06. The molecule has 1 saturated carbocycles. The zero-order valence-electron chi connectivity index (χ0n) is 12.8. The third-order valence-electron chi connectivity index (χ3n) is 5.13. The van der Waals surface area contributed by atoms with Crippen molar-refractivity contribution in [1.82, 2.24) is 19.8 Å². The largest absolute Gasteiger partial charge is 0.381 e. The van der Waals surface area contributed by atoms with Crippen molar-refractivity contribution in [2.75, 3.05) is 32.8 Å². The number of rotatable bonds is 5. The summed E-state index contributed by atoms with van der Waals surface area (Å²) >= 11 is 0. The molecule has 5 heteroatoms. The standard InChI is InChI=1S/C16H26N4O/c1-4-16(13-21-9-1,11-18-14-2-3-14)12-19-7-8-20-6-5-17-15(20)10-19/h5-6,14,18H,1-4,7-13H2. The molecule has 116 valence electrons. The maximum absolute atomic E-state index is 5.85. The number of aromatic nitrogens is 2. The molecular formula is C16H26N4O. The van der Waals surface area contributed by atoms with Crippen LogP contribution < -0.4 is 5.32 Å². The van der Waals surface area contributed by atoms with Crippen LogP contribution in [-0.4, -0.2) is 53.3 Å². The molecule has 1 unspecified atom stereocenters. The van der Waals surface area contributed by atoms with Crippen LogP contribution >= 0.6 is 0 Å². The monoisotopic (exact) mass is 290 g/mol. The van der Waals surface area contributed by atoms with E-state index in [1.807, 2.05) is 6.20 Å². The number of fused-ring (bicyclic) bond motifs is 1. The van der Waals surface area contributed by atoms with E-state index in [4.69, 9.17) is 4.74 Å². The fraction of sp³-hybridized carbons (Fsp3) is 0.812. The van der Waals surface area contributed by atoms with Gasteiger partial charge >= 0.3 is 0 Å². The highest BCUT2D eigenvalue weighted by Crippen LogP contribution is 2.31. The Labute approximate surface area is 126 Å². The number of ether oxygens (including phenoxy) is 1. The first-order valence-corrected chi connectivity index (χ1v) is 8.37. The Hall–Kier alpha value is -0.910. The minimum absolute atomic E-state index is 0.301. The minimum Gasteiger partial charge on any atom is -0.381 e. The van der Waals surface area contributed by atoms with Crippen LogP contribution in [0.4, 0.5) is 0 Å². The Balaban J connectivity index is 1.41. The fourth-order valence-electron chi connectivity index (χ4n) is 3.71. The number of hydrogen-bond donors (Lipinski definition) is 1. The zero-order valence-corrected chi connectivity index (χ0v) is 12.8. The van der Waals surface area contributed by atoms with Crippen LogP contribution in [-0.2, 0) is 17.8 Å². The van der Waals surface area contributed by atoms with Crippen molar-refractivity contribution < 1.29 is 4.74 Å². The van der Waals surface area contributed by atoms with E-state index in [-0.39, 0.29) is 0 Å². The molecule has 3 aliphatic rings. The molecular weight excluding hydrogens is 264 g/mol. The van der Waals surface area contributed by atoms with Gasteiger partial charge in [-0.3, -0.25) is 4.90 Å². The normalized spacial score (nSPS) is 30.3. The second-order valence-electron chi connectivity index (χ2n) is 7.06. The van der Waals surface area contributed by atoms with E-state index in [0.29, 0.717) is 5.41 Å². The molecule has 5 nitrogen and oxygen atoms in total. The van der Waals surface area contributed by atoms with Crippen LogP contribution in [0, 0.1) is 5.41 Å². The Bertz CT molecular complexity index is 476. The number of hydrogen-bond acceptors (Lipinski definition) is 4. The van der Waals surface area contributed by atoms with Gasteiger partial charge in [-0.2, -0.15) is 0 Å². The number of imidazole rings is 1. The second kappa shape index (κ2) is 5.71. The van der Waals surface area contributed by atoms with Gasteiger partial charge in [0.25, 0.3) is 0 Å². The van der Waals surface area contributed by atoms with Gasteiger partial charge < -0.3 is 14.6 Å². The Morgan fingerprint density at radius 1 is 1.38 bits per heavy atom. The molecule has 2 aliphatic heterocycles. The molecule has 0 amide bonds. The predicted octanol–water partition coefficient (Wildman–Crippen LogP) is 1.25. The summed E-state index contributed by atoms with van der Waals surface area (Å²) in [5, 5.41) is 3.74. The van der Waals surface area contributed by atoms with E-state index >= 15 is 0 Å². The van der Waals surface area contributed by atoms with Crippen molar-refractivity contribution in [3.05, 3.63) is 18.2 Å². The Morgan fingerprint density at radius 3 is 3.14 bits per heavy atom. The van der Waals surface area contributed by atoms with Crippen LogP contribution in [0.5, 0.6) is 0 Å². The van der Waals surface area contributed by atoms with Crippen LogP contribution in [0.25, 0.3) is 0 Å². The highest BCUT2D eigenvalue weighted by Gasteiger charge is 2.37. The average Bonchev–Trinajstić information content (AvgIpc) is 3.23. The van der Waals surface area contributed by atoms with Gasteiger partial charge in [0.15, 0.2) is 0 Å². The molecule has 0 radical (unpaired) electrons.